The smallest absolute Gasteiger partial charge is 0.142 e. The van der Waals surface area contributed by atoms with Crippen LogP contribution in [0.25, 0.3) is 0 Å². The van der Waals surface area contributed by atoms with Crippen molar-refractivity contribution in [3.63, 3.8) is 0 Å². The van der Waals surface area contributed by atoms with E-state index in [1.807, 2.05) is 13.0 Å². The van der Waals surface area contributed by atoms with Gasteiger partial charge in [-0.15, -0.1) is 0 Å². The van der Waals surface area contributed by atoms with Crippen molar-refractivity contribution in [1.82, 2.24) is 9.80 Å². The molecule has 1 fully saturated rings. The normalized spacial score (nSPS) is 18.7. The molecule has 1 aliphatic rings. The maximum atomic E-state index is 13.4. The predicted octanol–water partition coefficient (Wildman–Crippen LogP) is 2.90. The topological polar surface area (TPSA) is 30.3 Å². The molecule has 0 aliphatic carbocycles. The van der Waals surface area contributed by atoms with E-state index in [2.05, 4.69) is 15.9 Å². The van der Waals surface area contributed by atoms with Crippen LogP contribution in [0.15, 0.2) is 18.2 Å². The third-order valence-electron chi connectivity index (χ3n) is 3.81. The summed E-state index contributed by atoms with van der Waals surface area (Å²) < 4.78 is 13.4. The zero-order chi connectivity index (χ0) is 14.5. The summed E-state index contributed by atoms with van der Waals surface area (Å²) >= 11 is 5.98. The van der Waals surface area contributed by atoms with Gasteiger partial charge in [-0.2, -0.15) is 5.26 Å². The Morgan fingerprint density at radius 1 is 1.35 bits per heavy atom. The fourth-order valence-corrected chi connectivity index (χ4v) is 2.76. The molecular formula is C15H19ClFN3. The first-order valence-electron chi connectivity index (χ1n) is 6.94. The fourth-order valence-electron chi connectivity index (χ4n) is 2.58. The molecule has 0 amide bonds. The lowest BCUT2D eigenvalue weighted by Gasteiger charge is -2.36. The van der Waals surface area contributed by atoms with E-state index in [0.717, 1.165) is 38.2 Å². The molecule has 2 rings (SSSR count). The Kier molecular flexibility index (Phi) is 5.36. The van der Waals surface area contributed by atoms with Gasteiger partial charge >= 0.3 is 0 Å². The van der Waals surface area contributed by atoms with Gasteiger partial charge in [0.1, 0.15) is 5.82 Å². The second-order valence-corrected chi connectivity index (χ2v) is 5.46. The van der Waals surface area contributed by atoms with Gasteiger partial charge < -0.3 is 0 Å². The van der Waals surface area contributed by atoms with E-state index in [1.54, 1.807) is 6.07 Å². The highest BCUT2D eigenvalue weighted by molar-refractivity contribution is 6.31. The number of halogens is 2. The SMILES string of the molecule is CCC(C#N)N1CCN(Cc2cccc(F)c2Cl)CC1. The molecule has 1 saturated heterocycles. The summed E-state index contributed by atoms with van der Waals surface area (Å²) in [6, 6.07) is 7.28. The minimum Gasteiger partial charge on any atom is -0.296 e. The standard InChI is InChI=1S/C15H19ClFN3/c1-2-13(10-18)20-8-6-19(7-9-20)11-12-4-3-5-14(17)15(12)16/h3-5,13H,2,6-9,11H2,1H3. The molecule has 1 atom stereocenters. The van der Waals surface area contributed by atoms with Gasteiger partial charge in [-0.3, -0.25) is 9.80 Å². The molecule has 1 aromatic carbocycles. The molecule has 1 heterocycles. The molecule has 0 saturated carbocycles. The first kappa shape index (κ1) is 15.2. The second kappa shape index (κ2) is 7.03. The van der Waals surface area contributed by atoms with Crippen molar-refractivity contribution in [3.8, 4) is 6.07 Å². The van der Waals surface area contributed by atoms with Crippen LogP contribution in [-0.4, -0.2) is 42.0 Å². The van der Waals surface area contributed by atoms with Crippen molar-refractivity contribution in [1.29, 1.82) is 5.26 Å². The molecule has 108 valence electrons. The van der Waals surface area contributed by atoms with Crippen LogP contribution in [0.5, 0.6) is 0 Å². The number of nitriles is 1. The average molecular weight is 296 g/mol. The van der Waals surface area contributed by atoms with E-state index in [-0.39, 0.29) is 16.9 Å². The Morgan fingerprint density at radius 2 is 2.05 bits per heavy atom. The quantitative estimate of drug-likeness (QED) is 0.855. The van der Waals surface area contributed by atoms with Crippen LogP contribution in [0, 0.1) is 17.1 Å². The molecule has 0 radical (unpaired) electrons. The average Bonchev–Trinajstić information content (AvgIpc) is 2.47. The summed E-state index contributed by atoms with van der Waals surface area (Å²) in [6.45, 7) is 6.20. The van der Waals surface area contributed by atoms with E-state index < -0.39 is 0 Å². The summed E-state index contributed by atoms with van der Waals surface area (Å²) in [5, 5.41) is 9.30. The molecule has 3 nitrogen and oxygen atoms in total. The minimum absolute atomic E-state index is 0.00917. The Morgan fingerprint density at radius 3 is 2.65 bits per heavy atom. The molecule has 5 heteroatoms. The van der Waals surface area contributed by atoms with Crippen molar-refractivity contribution in [2.24, 2.45) is 0 Å². The van der Waals surface area contributed by atoms with Crippen molar-refractivity contribution in [2.45, 2.75) is 25.9 Å². The number of benzene rings is 1. The van der Waals surface area contributed by atoms with E-state index in [9.17, 15) is 4.39 Å². The van der Waals surface area contributed by atoms with Crippen LogP contribution in [-0.2, 0) is 6.54 Å². The molecule has 0 N–H and O–H groups in total. The van der Waals surface area contributed by atoms with Crippen LogP contribution in [0.3, 0.4) is 0 Å². The molecule has 1 unspecified atom stereocenters. The lowest BCUT2D eigenvalue weighted by Crippen LogP contribution is -2.49. The monoisotopic (exact) mass is 295 g/mol. The molecular weight excluding hydrogens is 277 g/mol. The Balaban J connectivity index is 1.92. The molecule has 20 heavy (non-hydrogen) atoms. The number of hydrogen-bond acceptors (Lipinski definition) is 3. The van der Waals surface area contributed by atoms with E-state index in [0.29, 0.717) is 6.54 Å². The second-order valence-electron chi connectivity index (χ2n) is 5.08. The zero-order valence-electron chi connectivity index (χ0n) is 11.6. The maximum Gasteiger partial charge on any atom is 0.142 e. The highest BCUT2D eigenvalue weighted by Gasteiger charge is 2.23. The van der Waals surface area contributed by atoms with Gasteiger partial charge in [0.15, 0.2) is 0 Å². The Labute approximate surface area is 124 Å². The van der Waals surface area contributed by atoms with Crippen LogP contribution < -0.4 is 0 Å². The van der Waals surface area contributed by atoms with E-state index >= 15 is 0 Å². The Hall–Kier alpha value is -1.15. The highest BCUT2D eigenvalue weighted by Crippen LogP contribution is 2.22. The number of hydrogen-bond donors (Lipinski definition) is 0. The summed E-state index contributed by atoms with van der Waals surface area (Å²) in [6.07, 6.45) is 0.853. The highest BCUT2D eigenvalue weighted by atomic mass is 35.5. The van der Waals surface area contributed by atoms with Crippen molar-refractivity contribution < 1.29 is 4.39 Å². The van der Waals surface area contributed by atoms with Crippen LogP contribution in [0.4, 0.5) is 4.39 Å². The van der Waals surface area contributed by atoms with Crippen molar-refractivity contribution >= 4 is 11.6 Å². The summed E-state index contributed by atoms with van der Waals surface area (Å²) in [7, 11) is 0. The fraction of sp³-hybridized carbons (Fsp3) is 0.533. The van der Waals surface area contributed by atoms with Gasteiger partial charge in [-0.1, -0.05) is 30.7 Å². The molecule has 1 aliphatic heterocycles. The largest absolute Gasteiger partial charge is 0.296 e. The van der Waals surface area contributed by atoms with Crippen LogP contribution in [0.2, 0.25) is 5.02 Å². The first-order valence-corrected chi connectivity index (χ1v) is 7.32. The van der Waals surface area contributed by atoms with Gasteiger partial charge in [0.05, 0.1) is 17.1 Å². The minimum atomic E-state index is -0.363. The van der Waals surface area contributed by atoms with Gasteiger partial charge in [-0.25, -0.2) is 4.39 Å². The lowest BCUT2D eigenvalue weighted by molar-refractivity contribution is 0.108. The van der Waals surface area contributed by atoms with Gasteiger partial charge in [0.2, 0.25) is 0 Å². The zero-order valence-corrected chi connectivity index (χ0v) is 12.4. The molecule has 1 aromatic rings. The van der Waals surface area contributed by atoms with E-state index in [4.69, 9.17) is 16.9 Å². The van der Waals surface area contributed by atoms with Crippen molar-refractivity contribution in [3.05, 3.63) is 34.6 Å². The molecule has 0 aromatic heterocycles. The van der Waals surface area contributed by atoms with Crippen LogP contribution >= 0.6 is 11.6 Å². The van der Waals surface area contributed by atoms with E-state index in [1.165, 1.54) is 6.07 Å². The van der Waals surface area contributed by atoms with Crippen molar-refractivity contribution in [2.75, 3.05) is 26.2 Å². The van der Waals surface area contributed by atoms with Gasteiger partial charge in [0, 0.05) is 32.7 Å². The maximum absolute atomic E-state index is 13.4. The first-order chi connectivity index (χ1) is 9.65. The summed E-state index contributed by atoms with van der Waals surface area (Å²) in [5.74, 6) is -0.363. The lowest BCUT2D eigenvalue weighted by atomic mass is 10.1. The predicted molar refractivity (Wildman–Crippen MR) is 78.0 cm³/mol. The van der Waals surface area contributed by atoms with Gasteiger partial charge in [0.25, 0.3) is 0 Å². The third kappa shape index (κ3) is 3.49. The number of nitrogens with zero attached hydrogens (tertiary/aromatic N) is 3. The molecule has 0 spiro atoms. The third-order valence-corrected chi connectivity index (χ3v) is 4.23. The summed E-state index contributed by atoms with van der Waals surface area (Å²) in [4.78, 5) is 4.46. The van der Waals surface area contributed by atoms with Gasteiger partial charge in [-0.05, 0) is 18.1 Å². The number of piperazine rings is 1. The Bertz CT molecular complexity index is 492. The molecule has 0 bridgehead atoms. The van der Waals surface area contributed by atoms with Crippen LogP contribution in [0.1, 0.15) is 18.9 Å². The number of rotatable bonds is 4. The summed E-state index contributed by atoms with van der Waals surface area (Å²) in [5.41, 5.74) is 0.826.